The highest BCUT2D eigenvalue weighted by molar-refractivity contribution is 7.89. The molecule has 2 aliphatic carbocycles. The summed E-state index contributed by atoms with van der Waals surface area (Å²) in [6, 6.07) is 0.470. The first-order valence-electron chi connectivity index (χ1n) is 7.32. The minimum Gasteiger partial charge on any atom is -0.381 e. The average Bonchev–Trinajstić information content (AvgIpc) is 3.14. The van der Waals surface area contributed by atoms with Crippen LogP contribution in [0.5, 0.6) is 0 Å². The van der Waals surface area contributed by atoms with E-state index < -0.39 is 10.0 Å². The van der Waals surface area contributed by atoms with E-state index in [2.05, 4.69) is 20.2 Å². The van der Waals surface area contributed by atoms with Crippen LogP contribution in [0.4, 0.5) is 0 Å². The molecule has 3 rings (SSSR count). The number of ether oxygens (including phenoxy) is 1. The summed E-state index contributed by atoms with van der Waals surface area (Å²) in [6.45, 7) is 2.38. The van der Waals surface area contributed by atoms with Gasteiger partial charge in [0.2, 0.25) is 0 Å². The highest BCUT2D eigenvalue weighted by Crippen LogP contribution is 2.26. The fraction of sp³-hybridized carbons (Fsp3) is 0.769. The second-order valence-corrected chi connectivity index (χ2v) is 7.56. The van der Waals surface area contributed by atoms with Crippen LogP contribution in [-0.4, -0.2) is 43.9 Å². The van der Waals surface area contributed by atoms with Gasteiger partial charge in [-0.05, 0) is 32.6 Å². The maximum absolute atomic E-state index is 12.5. The van der Waals surface area contributed by atoms with Gasteiger partial charge >= 0.3 is 0 Å². The molecule has 0 spiro atoms. The number of H-pyrrole nitrogens is 1. The molecule has 1 aromatic rings. The molecule has 3 N–H and O–H groups in total. The SMILES string of the molecule is COC1CC(NS(=O)(=O)c2n[nH]c(C)c2CNC2CC2)C1. The number of hydrogen-bond donors (Lipinski definition) is 3. The van der Waals surface area contributed by atoms with Crippen molar-refractivity contribution in [2.45, 2.75) is 62.4 Å². The van der Waals surface area contributed by atoms with Gasteiger partial charge in [0.1, 0.15) is 0 Å². The molecule has 2 aliphatic rings. The Hall–Kier alpha value is -0.960. The lowest BCUT2D eigenvalue weighted by molar-refractivity contribution is 0.0236. The fourth-order valence-corrected chi connectivity index (χ4v) is 3.98. The quantitative estimate of drug-likeness (QED) is 0.678. The molecule has 1 heterocycles. The van der Waals surface area contributed by atoms with Crippen LogP contribution in [0.25, 0.3) is 0 Å². The van der Waals surface area contributed by atoms with E-state index in [1.54, 1.807) is 7.11 Å². The van der Waals surface area contributed by atoms with E-state index in [-0.39, 0.29) is 17.2 Å². The van der Waals surface area contributed by atoms with Gasteiger partial charge in [0, 0.05) is 37.0 Å². The van der Waals surface area contributed by atoms with Gasteiger partial charge < -0.3 is 10.1 Å². The highest BCUT2D eigenvalue weighted by atomic mass is 32.2. The summed E-state index contributed by atoms with van der Waals surface area (Å²) in [5.41, 5.74) is 1.53. The Kier molecular flexibility index (Phi) is 4.04. The van der Waals surface area contributed by atoms with Crippen LogP contribution in [0.15, 0.2) is 5.03 Å². The first kappa shape index (κ1) is 15.0. The number of rotatable bonds is 7. The average molecular weight is 314 g/mol. The molecule has 0 aliphatic heterocycles. The Labute approximate surface area is 124 Å². The third-order valence-corrected chi connectivity index (χ3v) is 5.68. The van der Waals surface area contributed by atoms with Gasteiger partial charge in [-0.3, -0.25) is 5.10 Å². The van der Waals surface area contributed by atoms with Crippen molar-refractivity contribution in [3.05, 3.63) is 11.3 Å². The van der Waals surface area contributed by atoms with Crippen LogP contribution < -0.4 is 10.0 Å². The molecule has 2 saturated carbocycles. The fourth-order valence-electron chi connectivity index (χ4n) is 2.52. The van der Waals surface area contributed by atoms with Gasteiger partial charge in [0.15, 0.2) is 5.03 Å². The molecule has 7 nitrogen and oxygen atoms in total. The minimum absolute atomic E-state index is 0.0544. The number of methoxy groups -OCH3 is 1. The zero-order valence-electron chi connectivity index (χ0n) is 12.3. The van der Waals surface area contributed by atoms with E-state index in [0.29, 0.717) is 12.6 Å². The Bertz CT molecular complexity index is 603. The summed E-state index contributed by atoms with van der Waals surface area (Å²) in [5, 5.41) is 10.2. The van der Waals surface area contributed by atoms with Crippen molar-refractivity contribution in [2.75, 3.05) is 7.11 Å². The number of hydrogen-bond acceptors (Lipinski definition) is 5. The van der Waals surface area contributed by atoms with Crippen LogP contribution in [0.1, 0.15) is 36.9 Å². The van der Waals surface area contributed by atoms with Gasteiger partial charge in [-0.25, -0.2) is 13.1 Å². The Morgan fingerprint density at radius 3 is 2.67 bits per heavy atom. The summed E-state index contributed by atoms with van der Waals surface area (Å²) >= 11 is 0. The summed E-state index contributed by atoms with van der Waals surface area (Å²) < 4.78 is 32.8. The zero-order valence-corrected chi connectivity index (χ0v) is 13.2. The molecule has 0 amide bonds. The lowest BCUT2D eigenvalue weighted by atomic mass is 9.90. The second kappa shape index (κ2) is 5.68. The van der Waals surface area contributed by atoms with Gasteiger partial charge in [0.25, 0.3) is 10.0 Å². The first-order chi connectivity index (χ1) is 9.99. The third-order valence-electron chi connectivity index (χ3n) is 4.19. The lowest BCUT2D eigenvalue weighted by Crippen LogP contribution is -2.47. The van der Waals surface area contributed by atoms with Gasteiger partial charge in [-0.1, -0.05) is 0 Å². The van der Waals surface area contributed by atoms with Crippen LogP contribution in [0.3, 0.4) is 0 Å². The van der Waals surface area contributed by atoms with Crippen LogP contribution in [0.2, 0.25) is 0 Å². The van der Waals surface area contributed by atoms with Crippen molar-refractivity contribution in [1.82, 2.24) is 20.2 Å². The minimum atomic E-state index is -3.58. The van der Waals surface area contributed by atoms with Gasteiger partial charge in [-0.2, -0.15) is 5.10 Å². The molecule has 0 atom stereocenters. The Balaban J connectivity index is 1.69. The topological polar surface area (TPSA) is 96.1 Å². The summed E-state index contributed by atoms with van der Waals surface area (Å²) in [6.07, 6.45) is 3.92. The molecule has 2 fully saturated rings. The predicted octanol–water partition coefficient (Wildman–Crippen LogP) is 0.426. The normalized spacial score (nSPS) is 25.8. The predicted molar refractivity (Wildman–Crippen MR) is 77.3 cm³/mol. The summed E-state index contributed by atoms with van der Waals surface area (Å²) in [5.74, 6) is 0. The molecule has 0 bridgehead atoms. The zero-order chi connectivity index (χ0) is 15.0. The van der Waals surface area contributed by atoms with E-state index in [0.717, 1.165) is 36.9 Å². The smallest absolute Gasteiger partial charge is 0.260 e. The largest absolute Gasteiger partial charge is 0.381 e. The van der Waals surface area contributed by atoms with Crippen molar-refractivity contribution < 1.29 is 13.2 Å². The molecule has 0 saturated heterocycles. The summed E-state index contributed by atoms with van der Waals surface area (Å²) in [4.78, 5) is 0. The number of sulfonamides is 1. The number of aromatic nitrogens is 2. The molecular weight excluding hydrogens is 292 g/mol. The highest BCUT2D eigenvalue weighted by Gasteiger charge is 2.35. The van der Waals surface area contributed by atoms with Crippen molar-refractivity contribution in [3.63, 3.8) is 0 Å². The molecule has 8 heteroatoms. The van der Waals surface area contributed by atoms with Crippen molar-refractivity contribution in [2.24, 2.45) is 0 Å². The van der Waals surface area contributed by atoms with Gasteiger partial charge in [-0.15, -0.1) is 0 Å². The van der Waals surface area contributed by atoms with E-state index in [1.807, 2.05) is 6.92 Å². The molecule has 118 valence electrons. The van der Waals surface area contributed by atoms with Crippen molar-refractivity contribution in [3.8, 4) is 0 Å². The van der Waals surface area contributed by atoms with Crippen molar-refractivity contribution in [1.29, 1.82) is 0 Å². The van der Waals surface area contributed by atoms with Gasteiger partial charge in [0.05, 0.1) is 6.10 Å². The third kappa shape index (κ3) is 3.28. The van der Waals surface area contributed by atoms with E-state index in [4.69, 9.17) is 4.74 Å². The lowest BCUT2D eigenvalue weighted by Gasteiger charge is -2.34. The number of aryl methyl sites for hydroxylation is 1. The molecule has 0 aromatic carbocycles. The Morgan fingerprint density at radius 1 is 1.33 bits per heavy atom. The molecule has 0 radical (unpaired) electrons. The Morgan fingerprint density at radius 2 is 2.05 bits per heavy atom. The maximum atomic E-state index is 12.5. The summed E-state index contributed by atoms with van der Waals surface area (Å²) in [7, 11) is -1.93. The van der Waals surface area contributed by atoms with Crippen LogP contribution >= 0.6 is 0 Å². The molecule has 1 aromatic heterocycles. The standard InChI is InChI=1S/C13H22N4O3S/c1-8-12(7-14-9-3-4-9)13(16-15-8)21(18,19)17-10-5-11(6-10)20-2/h9-11,14,17H,3-7H2,1-2H3,(H,15,16). The van der Waals surface area contributed by atoms with E-state index in [9.17, 15) is 8.42 Å². The van der Waals surface area contributed by atoms with Crippen molar-refractivity contribution >= 4 is 10.0 Å². The number of aromatic amines is 1. The number of nitrogens with zero attached hydrogens (tertiary/aromatic N) is 1. The van der Waals surface area contributed by atoms with E-state index in [1.165, 1.54) is 0 Å². The first-order valence-corrected chi connectivity index (χ1v) is 8.80. The number of nitrogens with one attached hydrogen (secondary N) is 3. The maximum Gasteiger partial charge on any atom is 0.260 e. The molecular formula is C13H22N4O3S. The van der Waals surface area contributed by atoms with Crippen LogP contribution in [0, 0.1) is 6.92 Å². The van der Waals surface area contributed by atoms with Crippen LogP contribution in [-0.2, 0) is 21.3 Å². The monoisotopic (exact) mass is 314 g/mol. The second-order valence-electron chi connectivity index (χ2n) is 5.93. The molecule has 0 unspecified atom stereocenters. The van der Waals surface area contributed by atoms with E-state index >= 15 is 0 Å². The molecule has 21 heavy (non-hydrogen) atoms.